The van der Waals surface area contributed by atoms with Gasteiger partial charge in [0.05, 0.1) is 16.5 Å². The molecule has 3 amide bonds. The van der Waals surface area contributed by atoms with Gasteiger partial charge in [-0.15, -0.1) is 0 Å². The molecule has 300 valence electrons. The molecule has 0 saturated carbocycles. The van der Waals surface area contributed by atoms with Gasteiger partial charge in [0.25, 0.3) is 0 Å². The van der Waals surface area contributed by atoms with E-state index in [1.807, 2.05) is 78.9 Å². The summed E-state index contributed by atoms with van der Waals surface area (Å²) >= 11 is 0.951. The predicted molar refractivity (Wildman–Crippen MR) is 223 cm³/mol. The van der Waals surface area contributed by atoms with Crippen LogP contribution in [0.4, 0.5) is 16.2 Å². The number of aliphatic hydroxyl groups excluding tert-OH is 1. The van der Waals surface area contributed by atoms with Crippen molar-refractivity contribution in [3.63, 3.8) is 0 Å². The summed E-state index contributed by atoms with van der Waals surface area (Å²) in [5.41, 5.74) is 5.20. The number of likely N-dealkylation sites (tertiary alicyclic amines) is 1. The first-order valence-electron chi connectivity index (χ1n) is 19.3. The molecular weight excluding hydrogens is 745 g/mol. The van der Waals surface area contributed by atoms with Gasteiger partial charge < -0.3 is 40.4 Å². The van der Waals surface area contributed by atoms with Gasteiger partial charge in [0.2, 0.25) is 11.8 Å². The van der Waals surface area contributed by atoms with E-state index in [-0.39, 0.29) is 35.1 Å². The Balaban J connectivity index is 0.811. The molecular formula is C43H50N6O7S. The van der Waals surface area contributed by atoms with Crippen LogP contribution in [-0.2, 0) is 20.9 Å². The van der Waals surface area contributed by atoms with Crippen LogP contribution in [0.1, 0.15) is 55.8 Å². The number of carbonyl (C=O) groups is 3. The zero-order valence-corrected chi connectivity index (χ0v) is 32.9. The van der Waals surface area contributed by atoms with Crippen LogP contribution in [0.25, 0.3) is 21.3 Å². The van der Waals surface area contributed by atoms with E-state index in [1.54, 1.807) is 18.0 Å². The molecule has 0 aliphatic carbocycles. The molecule has 1 aliphatic heterocycles. The Morgan fingerprint density at radius 3 is 2.44 bits per heavy atom. The number of rotatable bonds is 17. The second-order valence-electron chi connectivity index (χ2n) is 14.3. The lowest BCUT2D eigenvalue weighted by atomic mass is 10.0. The normalized spacial score (nSPS) is 13.9. The smallest absolute Gasteiger partial charge is 0.411 e. The highest BCUT2D eigenvalue weighted by Crippen LogP contribution is 2.31. The monoisotopic (exact) mass is 794 g/mol. The van der Waals surface area contributed by atoms with Crippen molar-refractivity contribution in [1.29, 1.82) is 0 Å². The first-order valence-corrected chi connectivity index (χ1v) is 20.1. The second-order valence-corrected chi connectivity index (χ2v) is 15.3. The Morgan fingerprint density at radius 1 is 0.930 bits per heavy atom. The maximum Gasteiger partial charge on any atom is 0.411 e. The number of H-pyrrole nitrogens is 1. The standard InChI is InChI=1S/C43H50N6O7S/c1-48(39(53)22-26-49-24-20-32(21-25-49)56-42(54)46-35-12-6-5-11-33(35)30-9-3-2-4-10-30)23-8-7-13-38(52)45-31-16-14-29(15-17-31)27-44-28-37(51)34-18-19-36(50)40-41(34)57-43(55)47-40/h2-6,9-12,14-19,32,37,44,50-51H,7-8,13,20-28H2,1H3,(H,45,52)(H,46,54)(H,47,55). The van der Waals surface area contributed by atoms with E-state index in [9.17, 15) is 29.4 Å². The maximum atomic E-state index is 12.8. The average molecular weight is 795 g/mol. The number of phenols is 1. The Bertz CT molecular complexity index is 2170. The molecule has 1 fully saturated rings. The van der Waals surface area contributed by atoms with Gasteiger partial charge in [-0.25, -0.2) is 4.79 Å². The number of amides is 3. The molecule has 6 N–H and O–H groups in total. The largest absolute Gasteiger partial charge is 0.506 e. The van der Waals surface area contributed by atoms with Crippen molar-refractivity contribution in [2.24, 2.45) is 0 Å². The van der Waals surface area contributed by atoms with Gasteiger partial charge in [-0.2, -0.15) is 0 Å². The van der Waals surface area contributed by atoms with Crippen molar-refractivity contribution in [2.45, 2.75) is 57.3 Å². The zero-order valence-electron chi connectivity index (χ0n) is 32.0. The Kier molecular flexibility index (Phi) is 14.5. The van der Waals surface area contributed by atoms with Gasteiger partial charge in [-0.3, -0.25) is 19.7 Å². The number of carbonyl (C=O) groups excluding carboxylic acids is 3. The zero-order chi connectivity index (χ0) is 40.1. The number of aromatic amines is 1. The number of nitrogens with zero attached hydrogens (tertiary/aromatic N) is 2. The number of ether oxygens (including phenoxy) is 1. The number of nitrogens with one attached hydrogen (secondary N) is 4. The van der Waals surface area contributed by atoms with E-state index in [4.69, 9.17) is 4.74 Å². The van der Waals surface area contributed by atoms with Crippen LogP contribution in [0.2, 0.25) is 0 Å². The van der Waals surface area contributed by atoms with E-state index < -0.39 is 12.2 Å². The number of para-hydroxylation sites is 1. The summed E-state index contributed by atoms with van der Waals surface area (Å²) in [6.07, 6.45) is 2.02. The fraction of sp³-hybridized carbons (Fsp3) is 0.349. The number of thiazole rings is 1. The minimum Gasteiger partial charge on any atom is -0.506 e. The van der Waals surface area contributed by atoms with Crippen LogP contribution in [-0.4, -0.2) is 88.8 Å². The van der Waals surface area contributed by atoms with Crippen molar-refractivity contribution in [2.75, 3.05) is 50.4 Å². The lowest BCUT2D eigenvalue weighted by Gasteiger charge is -2.31. The van der Waals surface area contributed by atoms with E-state index in [0.717, 1.165) is 41.1 Å². The highest BCUT2D eigenvalue weighted by Gasteiger charge is 2.24. The predicted octanol–water partition coefficient (Wildman–Crippen LogP) is 6.46. The fourth-order valence-electron chi connectivity index (χ4n) is 6.90. The number of aromatic nitrogens is 1. The molecule has 0 bridgehead atoms. The van der Waals surface area contributed by atoms with Crippen molar-refractivity contribution in [1.82, 2.24) is 20.1 Å². The average Bonchev–Trinajstić information content (AvgIpc) is 3.62. The number of piperidine rings is 1. The number of anilines is 2. The van der Waals surface area contributed by atoms with Gasteiger partial charge in [0.15, 0.2) is 0 Å². The lowest BCUT2D eigenvalue weighted by Crippen LogP contribution is -2.40. The van der Waals surface area contributed by atoms with Crippen LogP contribution in [0.5, 0.6) is 5.75 Å². The molecule has 1 saturated heterocycles. The third-order valence-electron chi connectivity index (χ3n) is 10.1. The summed E-state index contributed by atoms with van der Waals surface area (Å²) in [5.74, 6) is -0.0591. The molecule has 0 spiro atoms. The first-order chi connectivity index (χ1) is 27.6. The summed E-state index contributed by atoms with van der Waals surface area (Å²) < 4.78 is 6.28. The van der Waals surface area contributed by atoms with E-state index in [0.29, 0.717) is 85.3 Å². The van der Waals surface area contributed by atoms with Gasteiger partial charge in [-0.1, -0.05) is 78.1 Å². The topological polar surface area (TPSA) is 176 Å². The number of aliphatic hydroxyl groups is 1. The van der Waals surface area contributed by atoms with Gasteiger partial charge in [0.1, 0.15) is 17.4 Å². The van der Waals surface area contributed by atoms with Crippen LogP contribution in [0.3, 0.4) is 0 Å². The van der Waals surface area contributed by atoms with Gasteiger partial charge in [-0.05, 0) is 61.1 Å². The quantitative estimate of drug-likeness (QED) is 0.0578. The lowest BCUT2D eigenvalue weighted by molar-refractivity contribution is -0.130. The van der Waals surface area contributed by atoms with Crippen molar-refractivity contribution >= 4 is 50.8 Å². The third-order valence-corrected chi connectivity index (χ3v) is 11.1. The molecule has 0 radical (unpaired) electrons. The number of unbranched alkanes of at least 4 members (excludes halogenated alkanes) is 1. The second kappa shape index (κ2) is 20.1. The van der Waals surface area contributed by atoms with Crippen molar-refractivity contribution in [3.05, 3.63) is 112 Å². The molecule has 1 aromatic heterocycles. The third kappa shape index (κ3) is 11.7. The molecule has 5 aromatic rings. The van der Waals surface area contributed by atoms with E-state index in [2.05, 4.69) is 25.8 Å². The Labute approximate surface area is 335 Å². The number of aromatic hydroxyl groups is 1. The Hall–Kier alpha value is -5.54. The molecule has 4 aromatic carbocycles. The Morgan fingerprint density at radius 2 is 1.67 bits per heavy atom. The van der Waals surface area contributed by atoms with Gasteiger partial charge in [0, 0.05) is 76.0 Å². The van der Waals surface area contributed by atoms with Crippen LogP contribution in [0.15, 0.2) is 95.8 Å². The van der Waals surface area contributed by atoms with E-state index in [1.165, 1.54) is 6.07 Å². The summed E-state index contributed by atoms with van der Waals surface area (Å²) in [7, 11) is 1.80. The minimum absolute atomic E-state index is 0.0333. The number of phenolic OH excluding ortho intramolecular Hbond substituents is 1. The minimum atomic E-state index is -0.870. The highest BCUT2D eigenvalue weighted by molar-refractivity contribution is 7.16. The van der Waals surface area contributed by atoms with Crippen molar-refractivity contribution < 1.29 is 29.3 Å². The summed E-state index contributed by atoms with van der Waals surface area (Å²) in [6.45, 7) is 3.45. The molecule has 13 nitrogen and oxygen atoms in total. The number of benzene rings is 4. The first kappa shape index (κ1) is 41.1. The summed E-state index contributed by atoms with van der Waals surface area (Å²) in [6, 6.07) is 28.1. The molecule has 14 heteroatoms. The number of hydrogen-bond acceptors (Lipinski definition) is 10. The SMILES string of the molecule is CN(CCCCC(=O)Nc1ccc(CNCC(O)c2ccc(O)c3[nH]c(=O)sc23)cc1)C(=O)CCN1CCC(OC(=O)Nc2ccccc2-c2ccccc2)CC1. The molecule has 1 unspecified atom stereocenters. The van der Waals surface area contributed by atoms with E-state index >= 15 is 0 Å². The van der Waals surface area contributed by atoms with Crippen LogP contribution in [0, 0.1) is 0 Å². The highest BCUT2D eigenvalue weighted by atomic mass is 32.1. The summed E-state index contributed by atoms with van der Waals surface area (Å²) in [5, 5.41) is 29.7. The summed E-state index contributed by atoms with van der Waals surface area (Å²) in [4.78, 5) is 56.2. The van der Waals surface area contributed by atoms with Crippen molar-refractivity contribution in [3.8, 4) is 16.9 Å². The molecule has 1 atom stereocenters. The van der Waals surface area contributed by atoms with Crippen LogP contribution >= 0.6 is 11.3 Å². The number of hydrogen-bond donors (Lipinski definition) is 6. The molecule has 2 heterocycles. The number of fused-ring (bicyclic) bond motifs is 1. The van der Waals surface area contributed by atoms with Crippen LogP contribution < -0.4 is 20.8 Å². The van der Waals surface area contributed by atoms with Gasteiger partial charge >= 0.3 is 11.0 Å². The maximum absolute atomic E-state index is 12.8. The molecule has 6 rings (SSSR count). The molecule has 57 heavy (non-hydrogen) atoms. The molecule has 1 aliphatic rings. The fourth-order valence-corrected chi connectivity index (χ4v) is 7.82.